The van der Waals surface area contributed by atoms with Crippen LogP contribution in [0.1, 0.15) is 26.3 Å². The molecule has 5 nitrogen and oxygen atoms in total. The van der Waals surface area contributed by atoms with Crippen molar-refractivity contribution < 1.29 is 14.1 Å². The number of nitrogens with two attached hydrogens (primary N) is 1. The van der Waals surface area contributed by atoms with E-state index in [4.69, 9.17) is 17.3 Å². The molecule has 0 heterocycles. The molecule has 23 heavy (non-hydrogen) atoms. The summed E-state index contributed by atoms with van der Waals surface area (Å²) in [5.41, 5.74) is 6.81. The second kappa shape index (κ2) is 7.50. The van der Waals surface area contributed by atoms with Gasteiger partial charge in [0, 0.05) is 16.1 Å². The van der Waals surface area contributed by atoms with Crippen LogP contribution in [-0.4, -0.2) is 22.6 Å². The van der Waals surface area contributed by atoms with Crippen molar-refractivity contribution in [2.24, 2.45) is 5.73 Å². The molecule has 0 aliphatic heterocycles. The van der Waals surface area contributed by atoms with E-state index in [0.717, 1.165) is 0 Å². The summed E-state index contributed by atoms with van der Waals surface area (Å²) in [4.78, 5) is 24.0. The zero-order chi connectivity index (χ0) is 17.0. The first-order chi connectivity index (χ1) is 10.9. The Balaban J connectivity index is 2.33. The van der Waals surface area contributed by atoms with Crippen LogP contribution < -0.4 is 11.1 Å². The summed E-state index contributed by atoms with van der Waals surface area (Å²) in [6.45, 7) is 0. The predicted molar refractivity (Wildman–Crippen MR) is 92.1 cm³/mol. The lowest BCUT2D eigenvalue weighted by Gasteiger charge is -2.14. The molecule has 2 amide bonds. The van der Waals surface area contributed by atoms with Gasteiger partial charge in [-0.25, -0.2) is 0 Å². The van der Waals surface area contributed by atoms with Gasteiger partial charge in [0.15, 0.2) is 0 Å². The number of rotatable bonds is 5. The molecule has 2 aromatic carbocycles. The Morgan fingerprint density at radius 1 is 1.22 bits per heavy atom. The van der Waals surface area contributed by atoms with E-state index in [1.807, 2.05) is 0 Å². The highest BCUT2D eigenvalue weighted by Gasteiger charge is 2.18. The van der Waals surface area contributed by atoms with Gasteiger partial charge in [0.1, 0.15) is 5.75 Å². The lowest BCUT2D eigenvalue weighted by Crippen LogP contribution is -2.21. The van der Waals surface area contributed by atoms with E-state index in [1.165, 1.54) is 6.26 Å². The summed E-state index contributed by atoms with van der Waals surface area (Å²) < 4.78 is 11.4. The van der Waals surface area contributed by atoms with Gasteiger partial charge in [0.05, 0.1) is 17.5 Å². The average Bonchev–Trinajstić information content (AvgIpc) is 2.47. The summed E-state index contributed by atoms with van der Waals surface area (Å²) in [6.07, 6.45) is 1.53. The third-order valence-electron chi connectivity index (χ3n) is 3.11. The van der Waals surface area contributed by atoms with Crippen LogP contribution in [0.25, 0.3) is 0 Å². The number of nitrogens with one attached hydrogen (secondary N) is 1. The second-order valence-corrected chi connectivity index (χ2v) is 6.75. The maximum absolute atomic E-state index is 12.3. The number of hydrogen-bond acceptors (Lipinski definition) is 3. The van der Waals surface area contributed by atoms with E-state index in [9.17, 15) is 14.1 Å². The molecule has 120 valence electrons. The Morgan fingerprint density at radius 2 is 1.87 bits per heavy atom. The molecule has 2 rings (SSSR count). The Labute approximate surface area is 142 Å². The third kappa shape index (κ3) is 4.48. The van der Waals surface area contributed by atoms with Crippen molar-refractivity contribution in [1.29, 1.82) is 0 Å². The summed E-state index contributed by atoms with van der Waals surface area (Å²) in [5, 5.41) is 3.18. The van der Waals surface area contributed by atoms with Crippen LogP contribution in [0.2, 0.25) is 5.02 Å². The van der Waals surface area contributed by atoms with Crippen molar-refractivity contribution >= 4 is 40.3 Å². The molecule has 0 aliphatic rings. The zero-order valence-corrected chi connectivity index (χ0v) is 13.9. The van der Waals surface area contributed by atoms with Crippen LogP contribution in [0.4, 0.5) is 5.69 Å². The number of carbonyl (C=O) groups excluding carboxylic acids is 2. The summed E-state index contributed by atoms with van der Waals surface area (Å²) >= 11 is 4.65. The SMILES string of the molecule is C[S+]([O-])Cc1cccc(NC(=O)c2ccc(Cl)cc2)c1C(N)=O. The van der Waals surface area contributed by atoms with Crippen molar-refractivity contribution in [2.75, 3.05) is 11.6 Å². The van der Waals surface area contributed by atoms with Crippen molar-refractivity contribution in [3.63, 3.8) is 0 Å². The van der Waals surface area contributed by atoms with Gasteiger partial charge in [-0.1, -0.05) is 34.9 Å². The Hall–Kier alpha value is -2.02. The first kappa shape index (κ1) is 17.3. The lowest BCUT2D eigenvalue weighted by molar-refractivity contribution is 0.100. The van der Waals surface area contributed by atoms with Gasteiger partial charge in [-0.2, -0.15) is 0 Å². The Kier molecular flexibility index (Phi) is 5.65. The fraction of sp³-hybridized carbons (Fsp3) is 0.125. The summed E-state index contributed by atoms with van der Waals surface area (Å²) in [5.74, 6) is -0.889. The van der Waals surface area contributed by atoms with Gasteiger partial charge in [-0.3, -0.25) is 9.59 Å². The van der Waals surface area contributed by atoms with Gasteiger partial charge >= 0.3 is 0 Å². The maximum Gasteiger partial charge on any atom is 0.255 e. The number of primary amides is 1. The summed E-state index contributed by atoms with van der Waals surface area (Å²) in [6, 6.07) is 11.3. The minimum Gasteiger partial charge on any atom is -0.616 e. The fourth-order valence-electron chi connectivity index (χ4n) is 2.13. The molecule has 0 saturated heterocycles. The maximum atomic E-state index is 12.3. The molecule has 2 aromatic rings. The van der Waals surface area contributed by atoms with Gasteiger partial charge in [0.25, 0.3) is 11.8 Å². The molecule has 0 bridgehead atoms. The standard InChI is InChI=1S/C16H15ClN2O3S/c1-23(22)9-11-3-2-4-13(14(11)15(18)20)19-16(21)10-5-7-12(17)8-6-10/h2-8H,9H2,1H3,(H2,18,20)(H,19,21). The minimum atomic E-state index is -1.14. The molecule has 1 unspecified atom stereocenters. The highest BCUT2D eigenvalue weighted by molar-refractivity contribution is 7.89. The number of anilines is 1. The molecule has 0 saturated carbocycles. The topological polar surface area (TPSA) is 95.2 Å². The monoisotopic (exact) mass is 350 g/mol. The van der Waals surface area contributed by atoms with Crippen LogP contribution in [-0.2, 0) is 16.9 Å². The molecule has 3 N–H and O–H groups in total. The summed E-state index contributed by atoms with van der Waals surface area (Å²) in [7, 11) is 0. The number of halogens is 1. The first-order valence-electron chi connectivity index (χ1n) is 6.67. The highest BCUT2D eigenvalue weighted by Crippen LogP contribution is 2.22. The van der Waals surface area contributed by atoms with Crippen molar-refractivity contribution in [2.45, 2.75) is 5.75 Å². The molecule has 7 heteroatoms. The first-order valence-corrected chi connectivity index (χ1v) is 8.77. The molecule has 0 aromatic heterocycles. The van der Waals surface area contributed by atoms with Gasteiger partial charge in [-0.05, 0) is 30.3 Å². The van der Waals surface area contributed by atoms with E-state index in [2.05, 4.69) is 5.32 Å². The van der Waals surface area contributed by atoms with Crippen LogP contribution >= 0.6 is 11.6 Å². The average molecular weight is 351 g/mol. The molecular weight excluding hydrogens is 336 g/mol. The van der Waals surface area contributed by atoms with E-state index in [0.29, 0.717) is 21.8 Å². The van der Waals surface area contributed by atoms with E-state index < -0.39 is 17.1 Å². The zero-order valence-electron chi connectivity index (χ0n) is 12.3. The van der Waals surface area contributed by atoms with Crippen LogP contribution in [0.5, 0.6) is 0 Å². The lowest BCUT2D eigenvalue weighted by atomic mass is 10.1. The number of carbonyl (C=O) groups is 2. The number of benzene rings is 2. The Bertz CT molecular complexity index is 733. The largest absolute Gasteiger partial charge is 0.616 e. The van der Waals surface area contributed by atoms with E-state index >= 15 is 0 Å². The van der Waals surface area contributed by atoms with Crippen molar-refractivity contribution in [1.82, 2.24) is 0 Å². The molecule has 0 radical (unpaired) electrons. The van der Waals surface area contributed by atoms with Crippen molar-refractivity contribution in [3.8, 4) is 0 Å². The fourth-order valence-corrected chi connectivity index (χ4v) is 2.93. The normalized spacial score (nSPS) is 11.8. The molecule has 0 fully saturated rings. The van der Waals surface area contributed by atoms with Gasteiger partial charge in [-0.15, -0.1) is 0 Å². The van der Waals surface area contributed by atoms with E-state index in [-0.39, 0.29) is 17.2 Å². The molecular formula is C16H15ClN2O3S. The van der Waals surface area contributed by atoms with Crippen LogP contribution in [0.15, 0.2) is 42.5 Å². The molecule has 0 aliphatic carbocycles. The second-order valence-electron chi connectivity index (χ2n) is 4.88. The van der Waals surface area contributed by atoms with E-state index in [1.54, 1.807) is 42.5 Å². The molecule has 1 atom stereocenters. The van der Waals surface area contributed by atoms with Crippen LogP contribution in [0.3, 0.4) is 0 Å². The quantitative estimate of drug-likeness (QED) is 0.811. The smallest absolute Gasteiger partial charge is 0.255 e. The number of hydrogen-bond donors (Lipinski definition) is 2. The minimum absolute atomic E-state index is 0.171. The third-order valence-corrected chi connectivity index (χ3v) is 4.08. The van der Waals surface area contributed by atoms with Crippen LogP contribution in [0, 0.1) is 0 Å². The van der Waals surface area contributed by atoms with Gasteiger partial charge in [0.2, 0.25) is 0 Å². The Morgan fingerprint density at radius 3 is 2.43 bits per heavy atom. The van der Waals surface area contributed by atoms with Gasteiger partial charge < -0.3 is 15.6 Å². The number of amides is 2. The van der Waals surface area contributed by atoms with Crippen molar-refractivity contribution in [3.05, 3.63) is 64.2 Å². The predicted octanol–water partition coefficient (Wildman–Crippen LogP) is 2.57. The molecule has 0 spiro atoms. The highest BCUT2D eigenvalue weighted by atomic mass is 35.5.